The fourth-order valence-electron chi connectivity index (χ4n) is 2.84. The van der Waals surface area contributed by atoms with Crippen LogP contribution in [0.3, 0.4) is 0 Å². The molecule has 2 nitrogen and oxygen atoms in total. The van der Waals surface area contributed by atoms with Crippen molar-refractivity contribution in [3.8, 4) is 0 Å². The first-order valence-corrected chi connectivity index (χ1v) is 7.12. The highest BCUT2D eigenvalue weighted by molar-refractivity contribution is 7.12. The van der Waals surface area contributed by atoms with Crippen molar-refractivity contribution in [3.05, 3.63) is 15.6 Å². The molecular weight excluding hydrogens is 216 g/mol. The summed E-state index contributed by atoms with van der Waals surface area (Å²) in [6, 6.07) is 0. The summed E-state index contributed by atoms with van der Waals surface area (Å²) < 4.78 is 0. The van der Waals surface area contributed by atoms with Crippen molar-refractivity contribution in [3.63, 3.8) is 0 Å². The van der Waals surface area contributed by atoms with E-state index < -0.39 is 0 Å². The Morgan fingerprint density at radius 3 is 2.50 bits per heavy atom. The Morgan fingerprint density at radius 2 is 1.94 bits per heavy atom. The number of thiazole rings is 1. The molecular formula is C13H20N2S. The van der Waals surface area contributed by atoms with E-state index in [-0.39, 0.29) is 11.0 Å². The second kappa shape index (κ2) is 3.30. The Bertz CT molecular complexity index is 416. The molecule has 3 heteroatoms. The summed E-state index contributed by atoms with van der Waals surface area (Å²) in [7, 11) is 0. The van der Waals surface area contributed by atoms with E-state index in [1.54, 1.807) is 0 Å². The van der Waals surface area contributed by atoms with Crippen LogP contribution in [-0.2, 0) is 17.4 Å². The number of fused-ring (bicyclic) bond motifs is 1. The first kappa shape index (κ1) is 10.7. The molecule has 0 radical (unpaired) electrons. The van der Waals surface area contributed by atoms with Gasteiger partial charge in [0.25, 0.3) is 0 Å². The minimum atomic E-state index is -0.0713. The average Bonchev–Trinajstić information content (AvgIpc) is 2.59. The number of aromatic nitrogens is 1. The molecule has 2 aliphatic carbocycles. The summed E-state index contributed by atoms with van der Waals surface area (Å²) in [6.07, 6.45) is 7.30. The van der Waals surface area contributed by atoms with Gasteiger partial charge in [-0.05, 0) is 38.5 Å². The van der Waals surface area contributed by atoms with Crippen LogP contribution < -0.4 is 5.73 Å². The zero-order chi connectivity index (χ0) is 11.4. The third-order valence-electron chi connectivity index (χ3n) is 4.22. The molecule has 0 spiro atoms. The lowest BCUT2D eigenvalue weighted by atomic mass is 9.77. The van der Waals surface area contributed by atoms with Gasteiger partial charge in [0, 0.05) is 10.3 Å². The molecule has 0 atom stereocenters. The topological polar surface area (TPSA) is 38.9 Å². The van der Waals surface area contributed by atoms with Crippen molar-refractivity contribution in [2.24, 2.45) is 5.73 Å². The molecule has 0 saturated heterocycles. The highest BCUT2D eigenvalue weighted by Crippen LogP contribution is 2.45. The highest BCUT2D eigenvalue weighted by atomic mass is 32.1. The molecule has 1 aromatic rings. The van der Waals surface area contributed by atoms with Gasteiger partial charge in [0.2, 0.25) is 0 Å². The largest absolute Gasteiger partial charge is 0.319 e. The number of nitrogens with zero attached hydrogens (tertiary/aromatic N) is 1. The number of hydrogen-bond acceptors (Lipinski definition) is 3. The fraction of sp³-hybridized carbons (Fsp3) is 0.769. The Labute approximate surface area is 101 Å². The Balaban J connectivity index is 2.02. The van der Waals surface area contributed by atoms with Crippen LogP contribution in [0.25, 0.3) is 0 Å². The quantitative estimate of drug-likeness (QED) is 0.813. The van der Waals surface area contributed by atoms with Gasteiger partial charge >= 0.3 is 0 Å². The number of hydrogen-bond donors (Lipinski definition) is 1. The van der Waals surface area contributed by atoms with Crippen molar-refractivity contribution in [2.45, 2.75) is 63.3 Å². The van der Waals surface area contributed by atoms with Crippen molar-refractivity contribution >= 4 is 11.3 Å². The molecule has 16 heavy (non-hydrogen) atoms. The molecule has 2 aliphatic rings. The Kier molecular flexibility index (Phi) is 2.21. The first-order chi connectivity index (χ1) is 7.51. The molecule has 0 amide bonds. The van der Waals surface area contributed by atoms with Gasteiger partial charge < -0.3 is 5.73 Å². The van der Waals surface area contributed by atoms with Crippen LogP contribution in [0.2, 0.25) is 0 Å². The molecule has 0 aliphatic heterocycles. The Morgan fingerprint density at radius 1 is 1.19 bits per heavy atom. The summed E-state index contributed by atoms with van der Waals surface area (Å²) in [6.45, 7) is 4.64. The molecule has 0 bridgehead atoms. The van der Waals surface area contributed by atoms with Crippen molar-refractivity contribution in [1.82, 2.24) is 4.98 Å². The third kappa shape index (κ3) is 1.45. The maximum atomic E-state index is 6.37. The van der Waals surface area contributed by atoms with E-state index >= 15 is 0 Å². The molecule has 1 saturated carbocycles. The summed E-state index contributed by atoms with van der Waals surface area (Å²) in [5, 5.41) is 1.21. The van der Waals surface area contributed by atoms with Crippen LogP contribution in [0.15, 0.2) is 0 Å². The van der Waals surface area contributed by atoms with E-state index in [2.05, 4.69) is 13.8 Å². The van der Waals surface area contributed by atoms with E-state index in [0.29, 0.717) is 0 Å². The zero-order valence-corrected chi connectivity index (χ0v) is 11.0. The molecule has 2 N–H and O–H groups in total. The van der Waals surface area contributed by atoms with Gasteiger partial charge in [-0.15, -0.1) is 11.3 Å². The van der Waals surface area contributed by atoms with Gasteiger partial charge in [-0.25, -0.2) is 4.98 Å². The van der Waals surface area contributed by atoms with Crippen molar-refractivity contribution < 1.29 is 0 Å². The second-order valence-corrected chi connectivity index (χ2v) is 7.12. The minimum absolute atomic E-state index is 0.0713. The SMILES string of the molecule is CC1(C)CCCc2sc(C3(N)CCC3)nc21. The summed E-state index contributed by atoms with van der Waals surface area (Å²) in [5.41, 5.74) is 7.91. The third-order valence-corrected chi connectivity index (χ3v) is 5.55. The van der Waals surface area contributed by atoms with Gasteiger partial charge in [0.05, 0.1) is 11.2 Å². The van der Waals surface area contributed by atoms with E-state index in [0.717, 1.165) is 12.8 Å². The lowest BCUT2D eigenvalue weighted by Crippen LogP contribution is -2.43. The maximum absolute atomic E-state index is 6.37. The smallest absolute Gasteiger partial charge is 0.113 e. The van der Waals surface area contributed by atoms with E-state index in [9.17, 15) is 0 Å². The lowest BCUT2D eigenvalue weighted by Gasteiger charge is -2.36. The maximum Gasteiger partial charge on any atom is 0.113 e. The lowest BCUT2D eigenvalue weighted by molar-refractivity contribution is 0.251. The van der Waals surface area contributed by atoms with Crippen LogP contribution in [0.4, 0.5) is 0 Å². The standard InChI is InChI=1S/C13H20N2S/c1-12(2)6-3-5-9-10(12)15-11(16-9)13(14)7-4-8-13/h3-8,14H2,1-2H3. The zero-order valence-electron chi connectivity index (χ0n) is 10.2. The number of aryl methyl sites for hydroxylation is 1. The molecule has 1 fully saturated rings. The summed E-state index contributed by atoms with van der Waals surface area (Å²) in [5.74, 6) is 0. The van der Waals surface area contributed by atoms with Gasteiger partial charge in [-0.3, -0.25) is 0 Å². The first-order valence-electron chi connectivity index (χ1n) is 6.31. The second-order valence-electron chi connectivity index (χ2n) is 6.04. The molecule has 3 rings (SSSR count). The van der Waals surface area contributed by atoms with Crippen LogP contribution in [0.5, 0.6) is 0 Å². The monoisotopic (exact) mass is 236 g/mol. The molecule has 0 unspecified atom stereocenters. The van der Waals surface area contributed by atoms with E-state index in [1.807, 2.05) is 11.3 Å². The number of nitrogens with two attached hydrogens (primary N) is 1. The highest BCUT2D eigenvalue weighted by Gasteiger charge is 2.40. The average molecular weight is 236 g/mol. The summed E-state index contributed by atoms with van der Waals surface area (Å²) in [4.78, 5) is 6.39. The van der Waals surface area contributed by atoms with Gasteiger partial charge in [0.15, 0.2) is 0 Å². The van der Waals surface area contributed by atoms with Crippen molar-refractivity contribution in [1.29, 1.82) is 0 Å². The molecule has 88 valence electrons. The normalized spacial score (nSPS) is 25.9. The van der Waals surface area contributed by atoms with Crippen LogP contribution in [0, 0.1) is 0 Å². The van der Waals surface area contributed by atoms with Crippen LogP contribution in [0.1, 0.15) is 61.5 Å². The minimum Gasteiger partial charge on any atom is -0.319 e. The summed E-state index contributed by atoms with van der Waals surface area (Å²) >= 11 is 1.88. The number of rotatable bonds is 1. The van der Waals surface area contributed by atoms with Gasteiger partial charge in [0.1, 0.15) is 5.01 Å². The molecule has 1 aromatic heterocycles. The Hall–Kier alpha value is -0.410. The van der Waals surface area contributed by atoms with Crippen molar-refractivity contribution in [2.75, 3.05) is 0 Å². The molecule has 0 aromatic carbocycles. The van der Waals surface area contributed by atoms with E-state index in [1.165, 1.54) is 41.3 Å². The predicted octanol–water partition coefficient (Wildman–Crippen LogP) is 3.09. The van der Waals surface area contributed by atoms with Crippen LogP contribution >= 0.6 is 11.3 Å². The fourth-order valence-corrected chi connectivity index (χ4v) is 4.29. The van der Waals surface area contributed by atoms with Gasteiger partial charge in [-0.2, -0.15) is 0 Å². The van der Waals surface area contributed by atoms with Gasteiger partial charge in [-0.1, -0.05) is 13.8 Å². The predicted molar refractivity (Wildman–Crippen MR) is 67.8 cm³/mol. The van der Waals surface area contributed by atoms with E-state index in [4.69, 9.17) is 10.7 Å². The van der Waals surface area contributed by atoms with Crippen LogP contribution in [-0.4, -0.2) is 4.98 Å². The molecule has 1 heterocycles.